The average molecular weight is 1090 g/mol. The monoisotopic (exact) mass is 1090 g/mol. The molecular weight excluding hydrogens is 1020 g/mol. The molecule has 4 N–H and O–H groups in total. The molecule has 0 bridgehead atoms. The van der Waals surface area contributed by atoms with Gasteiger partial charge in [-0.25, -0.2) is 9.59 Å². The molecule has 0 aromatic heterocycles. The molecule has 2 aromatic rings. The Kier molecular flexibility index (Phi) is 14.3. The van der Waals surface area contributed by atoms with Crippen LogP contribution in [0.4, 0.5) is 0 Å². The molecule has 78 heavy (non-hydrogen) atoms. The standard InChI is InChI=1S/C57H72N2O19/c1-52(2,65)13-9-14-56(67,27-43(60)71-7)50(63)78-48-42(70-6)26-55-24-35(49(62)59(55)19-12-32-21-38-40(76-30-74-38)23-34(32)46(48)55)36-10-15-54-25-41(69-5)47(77-51(64)57(68,28-44(61)72-8)17-16-53(3,4)66)45(54)33-22-39-37(73-29-75-39)20-31(33)11-18-58(36)54/h20-23,25-26,35-36,45-48,65-68H,9-19,24,27-30H2,1-8H3/t35-,36-,45+,46+,47+,48+,54-,55-,56+,57+/m0/s1. The van der Waals surface area contributed by atoms with E-state index in [9.17, 15) is 39.6 Å². The Morgan fingerprint density at radius 3 is 1.62 bits per heavy atom. The van der Waals surface area contributed by atoms with E-state index in [4.69, 9.17) is 47.4 Å². The van der Waals surface area contributed by atoms with Gasteiger partial charge in [0.1, 0.15) is 11.5 Å². The van der Waals surface area contributed by atoms with Gasteiger partial charge in [-0.1, -0.05) is 0 Å². The van der Waals surface area contributed by atoms with E-state index in [1.807, 2.05) is 41.3 Å². The lowest BCUT2D eigenvalue weighted by molar-refractivity contribution is -0.179. The van der Waals surface area contributed by atoms with Gasteiger partial charge in [0.05, 0.1) is 81.3 Å². The third-order valence-electron chi connectivity index (χ3n) is 17.6. The number of benzene rings is 2. The number of aliphatic hydroxyl groups is 4. The van der Waals surface area contributed by atoms with Crippen molar-refractivity contribution in [2.45, 2.75) is 168 Å². The van der Waals surface area contributed by atoms with E-state index in [1.54, 1.807) is 13.8 Å². The van der Waals surface area contributed by atoms with E-state index in [2.05, 4.69) is 4.90 Å². The summed E-state index contributed by atoms with van der Waals surface area (Å²) in [6, 6.07) is 7.15. The van der Waals surface area contributed by atoms with Gasteiger partial charge >= 0.3 is 23.9 Å². The summed E-state index contributed by atoms with van der Waals surface area (Å²) in [7, 11) is 5.23. The molecule has 424 valence electrons. The highest BCUT2D eigenvalue weighted by Crippen LogP contribution is 2.62. The van der Waals surface area contributed by atoms with Crippen molar-refractivity contribution in [3.8, 4) is 23.0 Å². The van der Waals surface area contributed by atoms with E-state index in [1.165, 1.54) is 28.1 Å². The van der Waals surface area contributed by atoms with Crippen LogP contribution in [0.15, 0.2) is 47.9 Å². The topological polar surface area (TPSA) is 265 Å². The maximum absolute atomic E-state index is 15.8. The van der Waals surface area contributed by atoms with Crippen molar-refractivity contribution in [2.75, 3.05) is 55.1 Å². The number of ether oxygens (including phenoxy) is 10. The minimum absolute atomic E-state index is 0.00553. The van der Waals surface area contributed by atoms with E-state index in [0.717, 1.165) is 36.5 Å². The number of hydrogen-bond donors (Lipinski definition) is 4. The Morgan fingerprint density at radius 1 is 0.641 bits per heavy atom. The summed E-state index contributed by atoms with van der Waals surface area (Å²) in [5, 5.41) is 45.4. The molecule has 0 unspecified atom stereocenters. The lowest BCUT2D eigenvalue weighted by atomic mass is 9.75. The number of carbonyl (C=O) groups excluding carboxylic acids is 5. The van der Waals surface area contributed by atoms with Crippen LogP contribution in [0, 0.1) is 5.92 Å². The molecule has 0 saturated carbocycles. The molecule has 2 spiro atoms. The smallest absolute Gasteiger partial charge is 0.339 e. The summed E-state index contributed by atoms with van der Waals surface area (Å²) < 4.78 is 58.6. The van der Waals surface area contributed by atoms with Crippen LogP contribution in [0.3, 0.4) is 0 Å². The molecule has 10 atom stereocenters. The number of amides is 1. The van der Waals surface area contributed by atoms with Crippen molar-refractivity contribution in [3.63, 3.8) is 0 Å². The lowest BCUT2D eigenvalue weighted by Crippen LogP contribution is -2.53. The van der Waals surface area contributed by atoms with Gasteiger partial charge in [0.2, 0.25) is 19.5 Å². The second kappa shape index (κ2) is 20.2. The Balaban J connectivity index is 1.03. The molecule has 8 aliphatic rings. The number of hydrogen-bond acceptors (Lipinski definition) is 20. The summed E-state index contributed by atoms with van der Waals surface area (Å²) in [5.41, 5.74) is -6.08. The minimum atomic E-state index is -2.39. The number of fused-ring (bicyclic) bond motifs is 6. The molecule has 2 aromatic carbocycles. The van der Waals surface area contributed by atoms with Gasteiger partial charge in [-0.15, -0.1) is 0 Å². The van der Waals surface area contributed by atoms with Crippen molar-refractivity contribution in [2.24, 2.45) is 5.92 Å². The van der Waals surface area contributed by atoms with Crippen LogP contribution in [-0.2, 0) is 65.2 Å². The molecule has 6 aliphatic heterocycles. The van der Waals surface area contributed by atoms with Gasteiger partial charge in [0.15, 0.2) is 46.4 Å². The van der Waals surface area contributed by atoms with Gasteiger partial charge in [-0.05, 0) is 151 Å². The van der Waals surface area contributed by atoms with Crippen LogP contribution in [0.25, 0.3) is 0 Å². The summed E-state index contributed by atoms with van der Waals surface area (Å²) in [6.45, 7) is 6.99. The van der Waals surface area contributed by atoms with Crippen molar-refractivity contribution in [1.82, 2.24) is 9.80 Å². The Morgan fingerprint density at radius 2 is 1.12 bits per heavy atom. The molecule has 2 saturated heterocycles. The van der Waals surface area contributed by atoms with E-state index in [-0.39, 0.29) is 70.3 Å². The molecule has 21 heteroatoms. The van der Waals surface area contributed by atoms with Gasteiger partial charge < -0.3 is 72.7 Å². The maximum Gasteiger partial charge on any atom is 0.339 e. The van der Waals surface area contributed by atoms with Crippen LogP contribution in [0.1, 0.15) is 126 Å². The molecule has 0 radical (unpaired) electrons. The van der Waals surface area contributed by atoms with Gasteiger partial charge in [0, 0.05) is 19.1 Å². The number of esters is 4. The molecular formula is C57H72N2O19. The quantitative estimate of drug-likeness (QED) is 0.122. The zero-order valence-electron chi connectivity index (χ0n) is 45.5. The number of methoxy groups -OCH3 is 4. The summed E-state index contributed by atoms with van der Waals surface area (Å²) in [6.07, 6.45) is 1.87. The van der Waals surface area contributed by atoms with Gasteiger partial charge in [0.25, 0.3) is 0 Å². The summed E-state index contributed by atoms with van der Waals surface area (Å²) >= 11 is 0. The number of nitrogens with zero attached hydrogens (tertiary/aromatic N) is 2. The highest BCUT2D eigenvalue weighted by atomic mass is 16.7. The van der Waals surface area contributed by atoms with Crippen molar-refractivity contribution >= 4 is 29.8 Å². The highest BCUT2D eigenvalue weighted by molar-refractivity contribution is 5.88. The first-order chi connectivity index (χ1) is 36.9. The average Bonchev–Trinajstić information content (AvgIpc) is 4.38. The first-order valence-corrected chi connectivity index (χ1v) is 26.8. The summed E-state index contributed by atoms with van der Waals surface area (Å²) in [4.78, 5) is 75.0. The first-order valence-electron chi connectivity index (χ1n) is 26.8. The van der Waals surface area contributed by atoms with Gasteiger partial charge in [-0.3, -0.25) is 19.3 Å². The second-order valence-electron chi connectivity index (χ2n) is 23.5. The Hall–Kier alpha value is -6.13. The van der Waals surface area contributed by atoms with E-state index >= 15 is 4.79 Å². The SMILES string of the molecule is COC(=O)C[C@](O)(CCCC(C)(C)O)C(=O)O[C@@H]1C(OC)=C[C@]23C[C@@H]([C@@H]4CC[C@]56C=C(OC)[C@@H](OC(=O)[C@@](O)(CCC(C)(C)O)CC(=O)OC)[C@H]5c5cc7c(cc5CCN46)OCO7)C(=O)N2CCc2cc4c(cc2[C@H]13)OCO4. The van der Waals surface area contributed by atoms with Crippen LogP contribution in [0.5, 0.6) is 23.0 Å². The van der Waals surface area contributed by atoms with Crippen molar-refractivity contribution in [3.05, 3.63) is 70.2 Å². The lowest BCUT2D eigenvalue weighted by Gasteiger charge is -2.42. The van der Waals surface area contributed by atoms with Gasteiger partial charge in [-0.2, -0.15) is 0 Å². The zero-order valence-corrected chi connectivity index (χ0v) is 45.5. The molecule has 21 nitrogen and oxygen atoms in total. The molecule has 2 aliphatic carbocycles. The fraction of sp³-hybridized carbons (Fsp3) is 0.632. The van der Waals surface area contributed by atoms with Crippen LogP contribution in [-0.4, -0.2) is 167 Å². The van der Waals surface area contributed by atoms with E-state index in [0.29, 0.717) is 61.0 Å². The first kappa shape index (κ1) is 55.2. The second-order valence-corrected chi connectivity index (χ2v) is 23.5. The predicted octanol–water partition coefficient (Wildman–Crippen LogP) is 3.91. The maximum atomic E-state index is 15.8. The molecule has 1 amide bonds. The number of carbonyl (C=O) groups is 5. The third kappa shape index (κ3) is 9.59. The Labute approximate surface area is 452 Å². The van der Waals surface area contributed by atoms with Crippen LogP contribution in [0.2, 0.25) is 0 Å². The van der Waals surface area contributed by atoms with Crippen molar-refractivity contribution in [1.29, 1.82) is 0 Å². The minimum Gasteiger partial charge on any atom is -0.497 e. The third-order valence-corrected chi connectivity index (χ3v) is 17.6. The van der Waals surface area contributed by atoms with Crippen LogP contribution < -0.4 is 18.9 Å². The zero-order chi connectivity index (χ0) is 55.9. The highest BCUT2D eigenvalue weighted by Gasteiger charge is 2.68. The largest absolute Gasteiger partial charge is 0.497 e. The molecule has 6 heterocycles. The fourth-order valence-electron chi connectivity index (χ4n) is 13.8. The van der Waals surface area contributed by atoms with Crippen LogP contribution >= 0.6 is 0 Å². The number of rotatable bonds is 18. The fourth-order valence-corrected chi connectivity index (χ4v) is 13.8. The normalized spacial score (nSPS) is 28.9. The Bertz CT molecular complexity index is 2820. The summed E-state index contributed by atoms with van der Waals surface area (Å²) in [5.74, 6) is -3.63. The molecule has 10 rings (SSSR count). The van der Waals surface area contributed by atoms with Crippen molar-refractivity contribution < 1.29 is 91.8 Å². The predicted molar refractivity (Wildman–Crippen MR) is 272 cm³/mol. The molecule has 2 fully saturated rings. The van der Waals surface area contributed by atoms with E-state index < -0.39 is 106 Å².